The molecule has 0 spiro atoms. The van der Waals surface area contributed by atoms with Crippen LogP contribution in [0.3, 0.4) is 0 Å². The van der Waals surface area contributed by atoms with E-state index in [9.17, 15) is 9.18 Å². The maximum atomic E-state index is 13.4. The lowest BCUT2D eigenvalue weighted by Gasteiger charge is -2.06. The van der Waals surface area contributed by atoms with Gasteiger partial charge in [-0.25, -0.2) is 4.39 Å². The lowest BCUT2D eigenvalue weighted by Crippen LogP contribution is -2.13. The summed E-state index contributed by atoms with van der Waals surface area (Å²) in [5.41, 5.74) is 3.29. The zero-order valence-corrected chi connectivity index (χ0v) is 11.9. The number of para-hydroxylation sites is 1. The van der Waals surface area contributed by atoms with E-state index in [0.717, 1.165) is 17.0 Å². The fourth-order valence-corrected chi connectivity index (χ4v) is 2.19. The summed E-state index contributed by atoms with van der Waals surface area (Å²) in [4.78, 5) is 11.9. The summed E-state index contributed by atoms with van der Waals surface area (Å²) in [6.07, 6.45) is 0.910. The number of carbonyl (C=O) groups is 1. The van der Waals surface area contributed by atoms with Crippen LogP contribution in [0.25, 0.3) is 0 Å². The SMILES string of the molecule is Cc1nn(C)c(C)c1CCC(=O)Nc1ccccc1F. The van der Waals surface area contributed by atoms with Crippen LogP contribution < -0.4 is 5.32 Å². The Balaban J connectivity index is 1.98. The van der Waals surface area contributed by atoms with Gasteiger partial charge < -0.3 is 5.32 Å². The van der Waals surface area contributed by atoms with Gasteiger partial charge in [0.1, 0.15) is 5.82 Å². The summed E-state index contributed by atoms with van der Waals surface area (Å²) in [7, 11) is 1.88. The van der Waals surface area contributed by atoms with Gasteiger partial charge in [-0.1, -0.05) is 12.1 Å². The fourth-order valence-electron chi connectivity index (χ4n) is 2.19. The van der Waals surface area contributed by atoms with Crippen molar-refractivity contribution < 1.29 is 9.18 Å². The van der Waals surface area contributed by atoms with Gasteiger partial charge in [-0.3, -0.25) is 9.48 Å². The van der Waals surface area contributed by atoms with Crippen molar-refractivity contribution >= 4 is 11.6 Å². The molecule has 0 aliphatic rings. The summed E-state index contributed by atoms with van der Waals surface area (Å²) in [5, 5.41) is 6.90. The molecule has 1 aromatic heterocycles. The van der Waals surface area contributed by atoms with E-state index in [1.807, 2.05) is 20.9 Å². The maximum absolute atomic E-state index is 13.4. The van der Waals surface area contributed by atoms with E-state index in [1.165, 1.54) is 6.07 Å². The van der Waals surface area contributed by atoms with Crippen molar-refractivity contribution in [1.29, 1.82) is 0 Å². The Bertz CT molecular complexity index is 634. The number of hydrogen-bond donors (Lipinski definition) is 1. The second kappa shape index (κ2) is 5.86. The standard InChI is InChI=1S/C15H18FN3O/c1-10-12(11(2)19(3)18-10)8-9-15(20)17-14-7-5-4-6-13(14)16/h4-7H,8-9H2,1-3H3,(H,17,20). The van der Waals surface area contributed by atoms with Gasteiger partial charge in [-0.05, 0) is 38.0 Å². The van der Waals surface area contributed by atoms with Crippen LogP contribution in [0.15, 0.2) is 24.3 Å². The second-order valence-corrected chi connectivity index (χ2v) is 4.80. The van der Waals surface area contributed by atoms with Crippen LogP contribution in [0.1, 0.15) is 23.4 Å². The van der Waals surface area contributed by atoms with E-state index >= 15 is 0 Å². The van der Waals surface area contributed by atoms with Crippen LogP contribution >= 0.6 is 0 Å². The van der Waals surface area contributed by atoms with Crippen molar-refractivity contribution in [1.82, 2.24) is 9.78 Å². The first-order valence-electron chi connectivity index (χ1n) is 6.52. The van der Waals surface area contributed by atoms with Gasteiger partial charge in [-0.15, -0.1) is 0 Å². The van der Waals surface area contributed by atoms with Crippen molar-refractivity contribution in [3.63, 3.8) is 0 Å². The number of benzene rings is 1. The van der Waals surface area contributed by atoms with E-state index in [1.54, 1.807) is 22.9 Å². The van der Waals surface area contributed by atoms with E-state index in [-0.39, 0.29) is 11.6 Å². The molecular formula is C15H18FN3O. The molecule has 0 saturated heterocycles. The number of rotatable bonds is 4. The second-order valence-electron chi connectivity index (χ2n) is 4.80. The Morgan fingerprint density at radius 2 is 2.05 bits per heavy atom. The van der Waals surface area contributed by atoms with Gasteiger partial charge in [0.25, 0.3) is 0 Å². The largest absolute Gasteiger partial charge is 0.324 e. The Morgan fingerprint density at radius 3 is 2.65 bits per heavy atom. The van der Waals surface area contributed by atoms with Gasteiger partial charge in [0.15, 0.2) is 0 Å². The van der Waals surface area contributed by atoms with Crippen molar-refractivity contribution in [2.75, 3.05) is 5.32 Å². The minimum atomic E-state index is -0.422. The number of aryl methyl sites for hydroxylation is 2. The first kappa shape index (κ1) is 14.2. The average Bonchev–Trinajstić information content (AvgIpc) is 2.64. The van der Waals surface area contributed by atoms with Crippen molar-refractivity contribution in [2.45, 2.75) is 26.7 Å². The molecule has 2 rings (SSSR count). The average molecular weight is 275 g/mol. The molecule has 0 aliphatic carbocycles. The number of hydrogen-bond acceptors (Lipinski definition) is 2. The lowest BCUT2D eigenvalue weighted by atomic mass is 10.1. The molecule has 1 aromatic carbocycles. The summed E-state index contributed by atoms with van der Waals surface area (Å²) in [6.45, 7) is 3.90. The molecule has 1 amide bonds. The molecule has 2 aromatic rings. The van der Waals surface area contributed by atoms with Gasteiger partial charge in [0, 0.05) is 19.2 Å². The summed E-state index contributed by atoms with van der Waals surface area (Å²) < 4.78 is 15.2. The monoisotopic (exact) mass is 275 g/mol. The van der Waals surface area contributed by atoms with Crippen LogP contribution in [0.2, 0.25) is 0 Å². The minimum Gasteiger partial charge on any atom is -0.324 e. The normalized spacial score (nSPS) is 10.6. The van der Waals surface area contributed by atoms with E-state index in [4.69, 9.17) is 0 Å². The van der Waals surface area contributed by atoms with E-state index in [2.05, 4.69) is 10.4 Å². The lowest BCUT2D eigenvalue weighted by molar-refractivity contribution is -0.116. The number of nitrogens with one attached hydrogen (secondary N) is 1. The molecule has 0 bridgehead atoms. The molecule has 1 heterocycles. The highest BCUT2D eigenvalue weighted by Gasteiger charge is 2.12. The minimum absolute atomic E-state index is 0.197. The summed E-state index contributed by atoms with van der Waals surface area (Å²) in [6, 6.07) is 6.15. The van der Waals surface area contributed by atoms with E-state index in [0.29, 0.717) is 12.8 Å². The number of amides is 1. The molecule has 0 saturated carbocycles. The van der Waals surface area contributed by atoms with Crippen molar-refractivity contribution in [3.05, 3.63) is 47.0 Å². The van der Waals surface area contributed by atoms with Crippen molar-refractivity contribution in [2.24, 2.45) is 7.05 Å². The fraction of sp³-hybridized carbons (Fsp3) is 0.333. The third-order valence-corrected chi connectivity index (χ3v) is 3.41. The third kappa shape index (κ3) is 3.04. The number of anilines is 1. The maximum Gasteiger partial charge on any atom is 0.224 e. The molecule has 5 heteroatoms. The molecular weight excluding hydrogens is 257 g/mol. The molecule has 20 heavy (non-hydrogen) atoms. The molecule has 1 N–H and O–H groups in total. The highest BCUT2D eigenvalue weighted by Crippen LogP contribution is 2.16. The number of nitrogens with zero attached hydrogens (tertiary/aromatic N) is 2. The number of aromatic nitrogens is 2. The van der Waals surface area contributed by atoms with Gasteiger partial charge in [-0.2, -0.15) is 5.10 Å². The van der Waals surface area contributed by atoms with Crippen LogP contribution in [0.5, 0.6) is 0 Å². The summed E-state index contributed by atoms with van der Waals surface area (Å²) >= 11 is 0. The Morgan fingerprint density at radius 1 is 1.35 bits per heavy atom. The highest BCUT2D eigenvalue weighted by molar-refractivity contribution is 5.90. The molecule has 0 unspecified atom stereocenters. The van der Waals surface area contributed by atoms with Gasteiger partial charge in [0.05, 0.1) is 11.4 Å². The highest BCUT2D eigenvalue weighted by atomic mass is 19.1. The zero-order valence-electron chi connectivity index (χ0n) is 11.9. The number of halogens is 1. The first-order valence-corrected chi connectivity index (χ1v) is 6.52. The third-order valence-electron chi connectivity index (χ3n) is 3.41. The topological polar surface area (TPSA) is 46.9 Å². The van der Waals surface area contributed by atoms with E-state index < -0.39 is 5.82 Å². The molecule has 4 nitrogen and oxygen atoms in total. The van der Waals surface area contributed by atoms with Crippen LogP contribution in [0.4, 0.5) is 10.1 Å². The predicted molar refractivity (Wildman–Crippen MR) is 76.0 cm³/mol. The number of carbonyl (C=O) groups excluding carboxylic acids is 1. The zero-order chi connectivity index (χ0) is 14.7. The molecule has 0 aliphatic heterocycles. The van der Waals surface area contributed by atoms with Crippen LogP contribution in [0, 0.1) is 19.7 Å². The molecule has 0 fully saturated rings. The molecule has 106 valence electrons. The molecule has 0 atom stereocenters. The molecule has 0 radical (unpaired) electrons. The quantitative estimate of drug-likeness (QED) is 0.932. The first-order chi connectivity index (χ1) is 9.49. The Hall–Kier alpha value is -2.17. The van der Waals surface area contributed by atoms with Crippen LogP contribution in [-0.4, -0.2) is 15.7 Å². The van der Waals surface area contributed by atoms with Gasteiger partial charge >= 0.3 is 0 Å². The van der Waals surface area contributed by atoms with Crippen LogP contribution in [-0.2, 0) is 18.3 Å². The summed E-state index contributed by atoms with van der Waals surface area (Å²) in [5.74, 6) is -0.618. The Labute approximate surface area is 117 Å². The van der Waals surface area contributed by atoms with Crippen molar-refractivity contribution in [3.8, 4) is 0 Å². The Kier molecular flexibility index (Phi) is 4.17. The predicted octanol–water partition coefficient (Wildman–Crippen LogP) is 2.75. The van der Waals surface area contributed by atoms with Gasteiger partial charge in [0.2, 0.25) is 5.91 Å². The smallest absolute Gasteiger partial charge is 0.224 e.